The van der Waals surface area contributed by atoms with Gasteiger partial charge in [-0.1, -0.05) is 13.8 Å². The van der Waals surface area contributed by atoms with E-state index in [9.17, 15) is 4.79 Å². The number of likely N-dealkylation sites (N-methyl/N-ethyl adjacent to an activating group) is 2. The van der Waals surface area contributed by atoms with Crippen molar-refractivity contribution in [1.82, 2.24) is 14.7 Å². The van der Waals surface area contributed by atoms with Crippen LogP contribution < -0.4 is 0 Å². The first-order valence-corrected chi connectivity index (χ1v) is 7.14. The van der Waals surface area contributed by atoms with Crippen molar-refractivity contribution in [3.63, 3.8) is 0 Å². The maximum absolute atomic E-state index is 11.9. The van der Waals surface area contributed by atoms with E-state index in [1.54, 1.807) is 0 Å². The lowest BCUT2D eigenvalue weighted by Crippen LogP contribution is -2.52. The number of rotatable bonds is 7. The lowest BCUT2D eigenvalue weighted by atomic mass is 10.0. The molecule has 0 bridgehead atoms. The first-order chi connectivity index (χ1) is 8.43. The number of hydrogen-bond donors (Lipinski definition) is 0. The minimum atomic E-state index is 0.281. The van der Waals surface area contributed by atoms with Gasteiger partial charge in [-0.25, -0.2) is 0 Å². The summed E-state index contributed by atoms with van der Waals surface area (Å²) in [5.41, 5.74) is 0. The summed E-state index contributed by atoms with van der Waals surface area (Å²) in [5.74, 6) is 0.971. The average Bonchev–Trinajstić information content (AvgIpc) is 2.25. The fourth-order valence-electron chi connectivity index (χ4n) is 2.39. The van der Waals surface area contributed by atoms with Gasteiger partial charge in [0.05, 0.1) is 6.54 Å². The zero-order valence-electron chi connectivity index (χ0n) is 12.6. The van der Waals surface area contributed by atoms with Crippen LogP contribution in [0.1, 0.15) is 27.7 Å². The van der Waals surface area contributed by atoms with Crippen LogP contribution in [0, 0.1) is 5.92 Å². The number of carbonyl (C=O) groups is 1. The molecule has 1 heterocycles. The van der Waals surface area contributed by atoms with Gasteiger partial charge in [-0.15, -0.1) is 0 Å². The van der Waals surface area contributed by atoms with Gasteiger partial charge in [-0.2, -0.15) is 0 Å². The highest BCUT2D eigenvalue weighted by molar-refractivity contribution is 5.79. The molecule has 0 atom stereocenters. The van der Waals surface area contributed by atoms with E-state index >= 15 is 0 Å². The lowest BCUT2D eigenvalue weighted by molar-refractivity contribution is -0.138. The summed E-state index contributed by atoms with van der Waals surface area (Å²) in [6.07, 6.45) is 0. The molecule has 0 aromatic rings. The molecule has 18 heavy (non-hydrogen) atoms. The number of nitrogens with zero attached hydrogens (tertiary/aromatic N) is 3. The van der Waals surface area contributed by atoms with Gasteiger partial charge in [-0.05, 0) is 33.4 Å². The van der Waals surface area contributed by atoms with E-state index in [0.29, 0.717) is 18.5 Å². The Bertz CT molecular complexity index is 262. The minimum absolute atomic E-state index is 0.281. The predicted molar refractivity (Wildman–Crippen MR) is 75.6 cm³/mol. The molecule has 0 spiro atoms. The molecular formula is C14H29N3O. The molecule has 0 unspecified atom stereocenters. The molecule has 1 fully saturated rings. The number of amides is 1. The summed E-state index contributed by atoms with van der Waals surface area (Å²) in [6, 6.07) is 0.579. The van der Waals surface area contributed by atoms with Gasteiger partial charge in [0, 0.05) is 32.2 Å². The zero-order valence-corrected chi connectivity index (χ0v) is 12.6. The molecule has 0 aromatic heterocycles. The Morgan fingerprint density at radius 2 is 1.94 bits per heavy atom. The summed E-state index contributed by atoms with van der Waals surface area (Å²) in [5, 5.41) is 0. The van der Waals surface area contributed by atoms with E-state index in [0.717, 1.165) is 32.7 Å². The van der Waals surface area contributed by atoms with E-state index < -0.39 is 0 Å². The molecule has 1 amide bonds. The van der Waals surface area contributed by atoms with Crippen LogP contribution in [0.2, 0.25) is 0 Å². The van der Waals surface area contributed by atoms with Crippen molar-refractivity contribution in [2.24, 2.45) is 5.92 Å². The molecule has 0 saturated carbocycles. The maximum Gasteiger partial charge on any atom is 0.236 e. The van der Waals surface area contributed by atoms with Crippen LogP contribution in [0.25, 0.3) is 0 Å². The fourth-order valence-corrected chi connectivity index (χ4v) is 2.39. The Morgan fingerprint density at radius 3 is 2.39 bits per heavy atom. The van der Waals surface area contributed by atoms with E-state index in [2.05, 4.69) is 37.5 Å². The molecule has 4 heteroatoms. The van der Waals surface area contributed by atoms with Crippen molar-refractivity contribution >= 4 is 5.91 Å². The van der Waals surface area contributed by atoms with E-state index in [1.165, 1.54) is 0 Å². The van der Waals surface area contributed by atoms with Crippen LogP contribution in [0.3, 0.4) is 0 Å². The maximum atomic E-state index is 11.9. The van der Waals surface area contributed by atoms with Crippen LogP contribution >= 0.6 is 0 Å². The van der Waals surface area contributed by atoms with Crippen molar-refractivity contribution in [1.29, 1.82) is 0 Å². The van der Waals surface area contributed by atoms with Gasteiger partial charge in [0.1, 0.15) is 0 Å². The number of carbonyl (C=O) groups excluding carboxylic acids is 1. The molecule has 1 rings (SSSR count). The molecule has 0 N–H and O–H groups in total. The van der Waals surface area contributed by atoms with Gasteiger partial charge in [0.15, 0.2) is 0 Å². The molecule has 0 aromatic carbocycles. The largest absolute Gasteiger partial charge is 0.341 e. The van der Waals surface area contributed by atoms with E-state index in [-0.39, 0.29) is 5.91 Å². The smallest absolute Gasteiger partial charge is 0.236 e. The Morgan fingerprint density at radius 1 is 1.33 bits per heavy atom. The summed E-state index contributed by atoms with van der Waals surface area (Å²) in [4.78, 5) is 18.4. The van der Waals surface area contributed by atoms with E-state index in [1.807, 2.05) is 11.9 Å². The zero-order chi connectivity index (χ0) is 13.7. The van der Waals surface area contributed by atoms with Gasteiger partial charge in [-0.3, -0.25) is 14.6 Å². The molecule has 106 valence electrons. The quantitative estimate of drug-likeness (QED) is 0.682. The Labute approximate surface area is 112 Å². The first-order valence-electron chi connectivity index (χ1n) is 7.14. The SMILES string of the molecule is CCN(CCN(C)CC(=O)N1CC(C)C1)C(C)C. The van der Waals surface area contributed by atoms with E-state index in [4.69, 9.17) is 0 Å². The second kappa shape index (κ2) is 7.10. The standard InChI is InChI=1S/C14H29N3O/c1-6-16(12(2)3)8-7-15(5)11-14(18)17-9-13(4)10-17/h12-13H,6-11H2,1-5H3. The van der Waals surface area contributed by atoms with Crippen molar-refractivity contribution in [2.45, 2.75) is 33.7 Å². The van der Waals surface area contributed by atoms with Gasteiger partial charge >= 0.3 is 0 Å². The van der Waals surface area contributed by atoms with Crippen LogP contribution in [-0.2, 0) is 4.79 Å². The molecule has 1 aliphatic rings. The van der Waals surface area contributed by atoms with Crippen LogP contribution in [0.15, 0.2) is 0 Å². The first kappa shape index (κ1) is 15.4. The Hall–Kier alpha value is -0.610. The van der Waals surface area contributed by atoms with Gasteiger partial charge < -0.3 is 4.90 Å². The van der Waals surface area contributed by atoms with Gasteiger partial charge in [0.2, 0.25) is 5.91 Å². The third kappa shape index (κ3) is 4.58. The molecular weight excluding hydrogens is 226 g/mol. The number of hydrogen-bond acceptors (Lipinski definition) is 3. The average molecular weight is 255 g/mol. The highest BCUT2D eigenvalue weighted by Gasteiger charge is 2.27. The number of likely N-dealkylation sites (tertiary alicyclic amines) is 1. The second-order valence-electron chi connectivity index (χ2n) is 5.86. The highest BCUT2D eigenvalue weighted by atomic mass is 16.2. The molecule has 1 aliphatic heterocycles. The predicted octanol–water partition coefficient (Wildman–Crippen LogP) is 1.13. The summed E-state index contributed by atoms with van der Waals surface area (Å²) in [6.45, 7) is 14.3. The lowest BCUT2D eigenvalue weighted by Gasteiger charge is -2.38. The molecule has 4 nitrogen and oxygen atoms in total. The second-order valence-corrected chi connectivity index (χ2v) is 5.86. The summed E-state index contributed by atoms with van der Waals surface area (Å²) in [7, 11) is 2.04. The summed E-state index contributed by atoms with van der Waals surface area (Å²) < 4.78 is 0. The topological polar surface area (TPSA) is 26.8 Å². The van der Waals surface area contributed by atoms with Crippen LogP contribution in [-0.4, -0.2) is 73.0 Å². The van der Waals surface area contributed by atoms with Crippen molar-refractivity contribution in [3.05, 3.63) is 0 Å². The molecule has 0 aliphatic carbocycles. The molecule has 0 radical (unpaired) electrons. The monoisotopic (exact) mass is 255 g/mol. The Kier molecular flexibility index (Phi) is 6.09. The third-order valence-corrected chi connectivity index (χ3v) is 3.73. The Balaban J connectivity index is 2.20. The van der Waals surface area contributed by atoms with Crippen molar-refractivity contribution in [3.8, 4) is 0 Å². The fraction of sp³-hybridized carbons (Fsp3) is 0.929. The summed E-state index contributed by atoms with van der Waals surface area (Å²) >= 11 is 0. The van der Waals surface area contributed by atoms with Gasteiger partial charge in [0.25, 0.3) is 0 Å². The third-order valence-electron chi connectivity index (χ3n) is 3.73. The van der Waals surface area contributed by atoms with Crippen LogP contribution in [0.4, 0.5) is 0 Å². The van der Waals surface area contributed by atoms with Crippen molar-refractivity contribution in [2.75, 3.05) is 46.3 Å². The van der Waals surface area contributed by atoms with Crippen molar-refractivity contribution < 1.29 is 4.79 Å². The molecule has 1 saturated heterocycles. The minimum Gasteiger partial charge on any atom is -0.341 e. The normalized spacial score (nSPS) is 16.8. The van der Waals surface area contributed by atoms with Crippen LogP contribution in [0.5, 0.6) is 0 Å². The highest BCUT2D eigenvalue weighted by Crippen LogP contribution is 2.14.